The zero-order valence-electron chi connectivity index (χ0n) is 7.03. The number of aromatic amines is 1. The van der Waals surface area contributed by atoms with E-state index in [1.165, 1.54) is 6.20 Å². The van der Waals surface area contributed by atoms with Gasteiger partial charge in [0.2, 0.25) is 5.78 Å². The minimum absolute atomic E-state index is 0.0686. The summed E-state index contributed by atoms with van der Waals surface area (Å²) in [6.45, 7) is 2.14. The Bertz CT molecular complexity index is 277. The predicted molar refractivity (Wildman–Crippen MR) is 44.4 cm³/mol. The van der Waals surface area contributed by atoms with Crippen molar-refractivity contribution in [1.29, 1.82) is 0 Å². The molecule has 0 saturated carbocycles. The van der Waals surface area contributed by atoms with E-state index in [9.17, 15) is 4.79 Å². The first kappa shape index (κ1) is 8.33. The number of piperazine rings is 1. The van der Waals surface area contributed by atoms with Crippen molar-refractivity contribution in [3.05, 3.63) is 11.9 Å². The Kier molecular flexibility index (Phi) is 2.33. The molecule has 2 rings (SSSR count). The second kappa shape index (κ2) is 3.63. The van der Waals surface area contributed by atoms with Crippen molar-refractivity contribution >= 4 is 5.78 Å². The Hall–Kier alpha value is -1.27. The number of nitrogens with one attached hydrogen (secondary N) is 2. The molecule has 0 spiro atoms. The molecule has 1 saturated heterocycles. The van der Waals surface area contributed by atoms with Crippen LogP contribution in [0.3, 0.4) is 0 Å². The van der Waals surface area contributed by atoms with Crippen LogP contribution < -0.4 is 10.6 Å². The zero-order chi connectivity index (χ0) is 9.10. The van der Waals surface area contributed by atoms with E-state index in [0.29, 0.717) is 18.8 Å². The topological polar surface area (TPSA) is 84.8 Å². The van der Waals surface area contributed by atoms with Crippen LogP contribution in [0.1, 0.15) is 10.5 Å². The third-order valence-electron chi connectivity index (χ3n) is 1.95. The fourth-order valence-electron chi connectivity index (χ4n) is 1.27. The Balaban J connectivity index is 2.04. The number of carbonyl (C=O) groups is 1. The first-order chi connectivity index (χ1) is 6.38. The predicted octanol–water partition coefficient (Wildman–Crippen LogP) is -1.44. The largest absolute Gasteiger partial charge is 0.313 e. The highest BCUT2D eigenvalue weighted by molar-refractivity contribution is 5.98. The van der Waals surface area contributed by atoms with Crippen LogP contribution in [0.25, 0.3) is 0 Å². The van der Waals surface area contributed by atoms with E-state index in [0.717, 1.165) is 6.54 Å². The van der Waals surface area contributed by atoms with Crippen molar-refractivity contribution < 1.29 is 4.79 Å². The van der Waals surface area contributed by atoms with Gasteiger partial charge in [-0.25, -0.2) is 5.32 Å². The third kappa shape index (κ3) is 1.73. The zero-order valence-corrected chi connectivity index (χ0v) is 7.03. The first-order valence-corrected chi connectivity index (χ1v) is 4.16. The van der Waals surface area contributed by atoms with Crippen LogP contribution in [0, 0.1) is 0 Å². The van der Waals surface area contributed by atoms with Gasteiger partial charge in [0.25, 0.3) is 0 Å². The molecule has 6 heteroatoms. The molecule has 0 bridgehead atoms. The van der Waals surface area contributed by atoms with Crippen LogP contribution in [-0.2, 0) is 0 Å². The van der Waals surface area contributed by atoms with Gasteiger partial charge in [-0.2, -0.15) is 0 Å². The average molecular weight is 180 g/mol. The van der Waals surface area contributed by atoms with Gasteiger partial charge in [0.15, 0.2) is 0 Å². The fourth-order valence-corrected chi connectivity index (χ4v) is 1.27. The number of ketones is 1. The number of carbonyl (C=O) groups excluding carboxylic acids is 1. The molecule has 2 N–H and O–H groups in total. The molecule has 13 heavy (non-hydrogen) atoms. The van der Waals surface area contributed by atoms with Gasteiger partial charge >= 0.3 is 0 Å². The molecular weight excluding hydrogens is 170 g/mol. The molecule has 0 aliphatic carbocycles. The molecule has 1 aliphatic heterocycles. The Morgan fingerprint density at radius 1 is 1.62 bits per heavy atom. The number of hydrogen-bond donors (Lipinski definition) is 2. The molecule has 1 aromatic rings. The fraction of sp³-hybridized carbons (Fsp3) is 0.571. The summed E-state index contributed by atoms with van der Waals surface area (Å²) in [4.78, 5) is 11.6. The van der Waals surface area contributed by atoms with E-state index in [4.69, 9.17) is 0 Å². The van der Waals surface area contributed by atoms with E-state index in [2.05, 4.69) is 26.0 Å². The van der Waals surface area contributed by atoms with E-state index in [-0.39, 0.29) is 11.8 Å². The molecule has 0 aromatic carbocycles. The lowest BCUT2D eigenvalue weighted by Crippen LogP contribution is -2.48. The maximum absolute atomic E-state index is 11.6. The van der Waals surface area contributed by atoms with Gasteiger partial charge in [0.1, 0.15) is 11.7 Å². The summed E-state index contributed by atoms with van der Waals surface area (Å²) >= 11 is 0. The molecule has 1 aromatic heterocycles. The van der Waals surface area contributed by atoms with Crippen molar-refractivity contribution in [3.63, 3.8) is 0 Å². The van der Waals surface area contributed by atoms with Crippen molar-refractivity contribution in [3.8, 4) is 0 Å². The second-order valence-corrected chi connectivity index (χ2v) is 2.85. The molecule has 2 heterocycles. The molecule has 1 radical (unpaired) electrons. The summed E-state index contributed by atoms with van der Waals surface area (Å²) in [5, 5.41) is 16.9. The standard InChI is InChI=1S/C7H10N5O/c13-7(6-4-10-12-11-6)5-3-8-1-2-9-5/h4-5,8H,1-3H2,(H,10,11,12). The lowest BCUT2D eigenvalue weighted by Gasteiger charge is -2.20. The van der Waals surface area contributed by atoms with Gasteiger partial charge in [0.05, 0.1) is 6.20 Å². The number of Topliss-reactive ketones (excluding diaryl/α,β-unsaturated/α-hetero) is 1. The number of hydrogen-bond acceptors (Lipinski definition) is 4. The van der Waals surface area contributed by atoms with Crippen molar-refractivity contribution in [1.82, 2.24) is 26.0 Å². The van der Waals surface area contributed by atoms with E-state index < -0.39 is 0 Å². The average Bonchev–Trinajstić information content (AvgIpc) is 2.71. The summed E-state index contributed by atoms with van der Waals surface area (Å²) in [7, 11) is 0. The van der Waals surface area contributed by atoms with Gasteiger partial charge in [-0.15, -0.1) is 5.10 Å². The molecular formula is C7H10N5O. The molecule has 1 atom stereocenters. The summed E-state index contributed by atoms with van der Waals surface area (Å²) in [5.74, 6) is -0.0686. The quantitative estimate of drug-likeness (QED) is 0.546. The number of aromatic nitrogens is 3. The van der Waals surface area contributed by atoms with Crippen molar-refractivity contribution in [2.75, 3.05) is 19.6 Å². The minimum atomic E-state index is -0.293. The summed E-state index contributed by atoms with van der Waals surface area (Å²) < 4.78 is 0. The van der Waals surface area contributed by atoms with Gasteiger partial charge in [-0.05, 0) is 0 Å². The highest BCUT2D eigenvalue weighted by Gasteiger charge is 2.24. The van der Waals surface area contributed by atoms with Crippen LogP contribution in [-0.4, -0.2) is 46.9 Å². The van der Waals surface area contributed by atoms with E-state index in [1.54, 1.807) is 0 Å². The summed E-state index contributed by atoms with van der Waals surface area (Å²) in [6, 6.07) is -0.293. The number of rotatable bonds is 2. The first-order valence-electron chi connectivity index (χ1n) is 4.16. The number of H-pyrrole nitrogens is 1. The van der Waals surface area contributed by atoms with Crippen LogP contribution in [0.2, 0.25) is 0 Å². The smallest absolute Gasteiger partial charge is 0.204 e. The molecule has 1 fully saturated rings. The molecule has 69 valence electrons. The third-order valence-corrected chi connectivity index (χ3v) is 1.95. The monoisotopic (exact) mass is 180 g/mol. The van der Waals surface area contributed by atoms with Gasteiger partial charge in [0, 0.05) is 19.6 Å². The van der Waals surface area contributed by atoms with Gasteiger partial charge in [-0.3, -0.25) is 9.89 Å². The van der Waals surface area contributed by atoms with Crippen LogP contribution in [0.4, 0.5) is 0 Å². The van der Waals surface area contributed by atoms with E-state index in [1.807, 2.05) is 0 Å². The van der Waals surface area contributed by atoms with Gasteiger partial charge < -0.3 is 5.32 Å². The van der Waals surface area contributed by atoms with Crippen LogP contribution in [0.5, 0.6) is 0 Å². The molecule has 1 unspecified atom stereocenters. The Morgan fingerprint density at radius 3 is 3.15 bits per heavy atom. The Morgan fingerprint density at radius 2 is 2.54 bits per heavy atom. The van der Waals surface area contributed by atoms with Gasteiger partial charge in [-0.1, -0.05) is 5.21 Å². The lowest BCUT2D eigenvalue weighted by atomic mass is 10.1. The van der Waals surface area contributed by atoms with Crippen molar-refractivity contribution in [2.45, 2.75) is 6.04 Å². The molecule has 6 nitrogen and oxygen atoms in total. The molecule has 0 amide bonds. The highest BCUT2D eigenvalue weighted by Crippen LogP contribution is 1.99. The number of nitrogens with zero attached hydrogens (tertiary/aromatic N) is 3. The highest BCUT2D eigenvalue weighted by atomic mass is 16.1. The second-order valence-electron chi connectivity index (χ2n) is 2.85. The van der Waals surface area contributed by atoms with Crippen LogP contribution >= 0.6 is 0 Å². The minimum Gasteiger partial charge on any atom is -0.313 e. The SMILES string of the molecule is O=C(c1c[nH]nn1)C1CNCC[N]1. The maximum Gasteiger partial charge on any atom is 0.204 e. The lowest BCUT2D eigenvalue weighted by molar-refractivity contribution is 0.0927. The van der Waals surface area contributed by atoms with Crippen molar-refractivity contribution in [2.24, 2.45) is 0 Å². The summed E-state index contributed by atoms with van der Waals surface area (Å²) in [6.07, 6.45) is 1.49. The Labute approximate surface area is 75.1 Å². The molecule has 1 aliphatic rings. The maximum atomic E-state index is 11.6. The van der Waals surface area contributed by atoms with E-state index >= 15 is 0 Å². The summed E-state index contributed by atoms with van der Waals surface area (Å²) in [5.41, 5.74) is 0.359. The normalized spacial score (nSPS) is 22.9. The van der Waals surface area contributed by atoms with Crippen LogP contribution in [0.15, 0.2) is 6.20 Å².